The van der Waals surface area contributed by atoms with E-state index in [1.54, 1.807) is 0 Å². The molecule has 1 aliphatic heterocycles. The Kier molecular flexibility index (Phi) is 4.96. The molecule has 1 aliphatic rings. The van der Waals surface area contributed by atoms with Crippen LogP contribution in [0, 0.1) is 0 Å². The van der Waals surface area contributed by atoms with Gasteiger partial charge in [-0.25, -0.2) is 0 Å². The van der Waals surface area contributed by atoms with E-state index in [4.69, 9.17) is 23.2 Å². The number of aromatic nitrogens is 2. The molecule has 3 heterocycles. The van der Waals surface area contributed by atoms with Gasteiger partial charge in [-0.2, -0.15) is 0 Å². The van der Waals surface area contributed by atoms with E-state index in [0.29, 0.717) is 16.5 Å². The van der Waals surface area contributed by atoms with E-state index in [0.717, 1.165) is 59.5 Å². The van der Waals surface area contributed by atoms with Crippen LogP contribution < -0.4 is 0 Å². The molecule has 5 heteroatoms. The number of hydrogen-bond donors (Lipinski definition) is 0. The van der Waals surface area contributed by atoms with Gasteiger partial charge in [-0.1, -0.05) is 66.5 Å². The molecule has 0 unspecified atom stereocenters. The van der Waals surface area contributed by atoms with Crippen molar-refractivity contribution in [3.8, 4) is 22.4 Å². The number of imidazole rings is 1. The van der Waals surface area contributed by atoms with E-state index < -0.39 is 0 Å². The van der Waals surface area contributed by atoms with Gasteiger partial charge in [0, 0.05) is 35.9 Å². The van der Waals surface area contributed by atoms with Gasteiger partial charge in [0.15, 0.2) is 5.78 Å². The third kappa shape index (κ3) is 3.00. The normalized spacial score (nSPS) is 13.6. The molecule has 0 atom stereocenters. The van der Waals surface area contributed by atoms with Gasteiger partial charge in [-0.15, -0.1) is 0 Å². The molecule has 0 fully saturated rings. The molecular weight excluding hydrogens is 415 g/mol. The van der Waals surface area contributed by atoms with Crippen LogP contribution in [0.1, 0.15) is 42.2 Å². The highest BCUT2D eigenvalue weighted by Gasteiger charge is 2.28. The third-order valence-electron chi connectivity index (χ3n) is 6.00. The summed E-state index contributed by atoms with van der Waals surface area (Å²) in [6.07, 6.45) is 5.73. The monoisotopic (exact) mass is 436 g/mol. The van der Waals surface area contributed by atoms with Gasteiger partial charge in [0.1, 0.15) is 5.65 Å². The number of ketones is 1. The van der Waals surface area contributed by atoms with Crippen LogP contribution in [0.25, 0.3) is 28.0 Å². The zero-order valence-electron chi connectivity index (χ0n) is 16.8. The first kappa shape index (κ1) is 19.5. The maximum atomic E-state index is 13.1. The second-order valence-corrected chi connectivity index (χ2v) is 8.60. The van der Waals surface area contributed by atoms with Crippen molar-refractivity contribution in [2.75, 3.05) is 0 Å². The fourth-order valence-corrected chi connectivity index (χ4v) is 4.93. The number of rotatable bonds is 4. The number of benzene rings is 2. The summed E-state index contributed by atoms with van der Waals surface area (Å²) in [4.78, 5) is 13.1. The van der Waals surface area contributed by atoms with E-state index in [2.05, 4.69) is 27.3 Å². The topological polar surface area (TPSA) is 26.4 Å². The van der Waals surface area contributed by atoms with Crippen molar-refractivity contribution in [2.24, 2.45) is 0 Å². The average Bonchev–Trinajstić information content (AvgIpc) is 3.18. The summed E-state index contributed by atoms with van der Waals surface area (Å²) in [7, 11) is 0. The predicted molar refractivity (Wildman–Crippen MR) is 124 cm³/mol. The highest BCUT2D eigenvalue weighted by molar-refractivity contribution is 6.42. The third-order valence-corrected chi connectivity index (χ3v) is 6.74. The maximum absolute atomic E-state index is 13.1. The lowest BCUT2D eigenvalue weighted by atomic mass is 9.96. The lowest BCUT2D eigenvalue weighted by molar-refractivity contribution is 0.0983. The minimum Gasteiger partial charge on any atom is -0.325 e. The highest BCUT2D eigenvalue weighted by atomic mass is 35.5. The van der Waals surface area contributed by atoms with E-state index >= 15 is 0 Å². The molecule has 2 aromatic heterocycles. The second kappa shape index (κ2) is 7.64. The van der Waals surface area contributed by atoms with Crippen molar-refractivity contribution in [2.45, 2.75) is 39.2 Å². The van der Waals surface area contributed by atoms with Gasteiger partial charge in [0.25, 0.3) is 0 Å². The number of nitrogens with zero attached hydrogens (tertiary/aromatic N) is 2. The first-order valence-electron chi connectivity index (χ1n) is 10.4. The molecule has 3 nitrogen and oxygen atoms in total. The molecular formula is C25H22Cl2N2O. The minimum absolute atomic E-state index is 0.161. The van der Waals surface area contributed by atoms with Crippen LogP contribution >= 0.6 is 23.2 Å². The summed E-state index contributed by atoms with van der Waals surface area (Å²) in [6.45, 7) is 2.84. The molecule has 2 aromatic carbocycles. The predicted octanol–water partition coefficient (Wildman–Crippen LogP) is 7.31. The smallest absolute Gasteiger partial charge is 0.179 e. The van der Waals surface area contributed by atoms with Crippen molar-refractivity contribution in [3.63, 3.8) is 0 Å². The number of aryl methyl sites for hydroxylation is 2. The minimum atomic E-state index is 0.161. The molecule has 152 valence electrons. The maximum Gasteiger partial charge on any atom is 0.179 e. The van der Waals surface area contributed by atoms with Crippen molar-refractivity contribution < 1.29 is 4.79 Å². The molecule has 0 saturated heterocycles. The summed E-state index contributed by atoms with van der Waals surface area (Å²) >= 11 is 12.5. The van der Waals surface area contributed by atoms with Crippen LogP contribution in [0.2, 0.25) is 10.0 Å². The lowest BCUT2D eigenvalue weighted by Gasteiger charge is -2.09. The van der Waals surface area contributed by atoms with Crippen LogP contribution in [0.5, 0.6) is 0 Å². The fraction of sp³-hybridized carbons (Fsp3) is 0.240. The summed E-state index contributed by atoms with van der Waals surface area (Å²) in [5.74, 6) is 0.161. The molecule has 0 spiro atoms. The number of hydrogen-bond acceptors (Lipinski definition) is 1. The zero-order chi connectivity index (χ0) is 20.8. The summed E-state index contributed by atoms with van der Waals surface area (Å²) in [5, 5.41) is 1.08. The number of halogens is 2. The Labute approximate surface area is 185 Å². The molecule has 0 aliphatic carbocycles. The summed E-state index contributed by atoms with van der Waals surface area (Å²) in [6, 6.07) is 16.0. The molecule has 4 aromatic rings. The van der Waals surface area contributed by atoms with E-state index in [-0.39, 0.29) is 5.78 Å². The SMILES string of the molecule is CCC(=O)c1c(-c2ccccc2)c2c3n(c(-c4ccc(Cl)c(Cl)c4)cn13)CCCC2. The average molecular weight is 437 g/mol. The van der Waals surface area contributed by atoms with Crippen molar-refractivity contribution in [1.82, 2.24) is 8.97 Å². The lowest BCUT2D eigenvalue weighted by Crippen LogP contribution is -2.03. The van der Waals surface area contributed by atoms with Gasteiger partial charge in [-0.05, 0) is 37.0 Å². The Morgan fingerprint density at radius 3 is 2.53 bits per heavy atom. The Balaban J connectivity index is 1.86. The van der Waals surface area contributed by atoms with Gasteiger partial charge < -0.3 is 4.57 Å². The molecule has 0 amide bonds. The molecule has 30 heavy (non-hydrogen) atoms. The standard InChI is InChI=1S/C25H22Cl2N2O/c1-2-22(30)24-23(16-8-4-3-5-9-16)18-10-6-7-13-28-21(15-29(24)25(18)28)17-11-12-19(26)20(27)14-17/h3-5,8-9,11-12,14-15H,2,6-7,10,13H2,1H3. The summed E-state index contributed by atoms with van der Waals surface area (Å²) < 4.78 is 4.47. The van der Waals surface area contributed by atoms with Crippen molar-refractivity contribution in [3.05, 3.63) is 76.0 Å². The molecule has 0 N–H and O–H groups in total. The van der Waals surface area contributed by atoms with Gasteiger partial charge in [0.05, 0.1) is 21.4 Å². The number of Topliss-reactive ketones (excluding diaryl/α,β-unsaturated/α-hetero) is 1. The Morgan fingerprint density at radius 2 is 1.80 bits per heavy atom. The highest BCUT2D eigenvalue weighted by Crippen LogP contribution is 2.40. The van der Waals surface area contributed by atoms with Gasteiger partial charge in [0.2, 0.25) is 0 Å². The molecule has 0 radical (unpaired) electrons. The first-order chi connectivity index (χ1) is 14.6. The van der Waals surface area contributed by atoms with E-state index in [1.807, 2.05) is 43.3 Å². The van der Waals surface area contributed by atoms with Crippen molar-refractivity contribution in [1.29, 1.82) is 0 Å². The van der Waals surface area contributed by atoms with E-state index in [9.17, 15) is 4.79 Å². The second-order valence-electron chi connectivity index (χ2n) is 7.79. The van der Waals surface area contributed by atoms with Crippen LogP contribution in [0.15, 0.2) is 54.7 Å². The Hall–Kier alpha value is -2.49. The summed E-state index contributed by atoms with van der Waals surface area (Å²) in [5.41, 5.74) is 7.46. The van der Waals surface area contributed by atoms with Crippen LogP contribution in [-0.2, 0) is 13.0 Å². The largest absolute Gasteiger partial charge is 0.325 e. The first-order valence-corrected chi connectivity index (χ1v) is 11.2. The van der Waals surface area contributed by atoms with E-state index in [1.165, 1.54) is 5.56 Å². The van der Waals surface area contributed by atoms with Crippen LogP contribution in [0.3, 0.4) is 0 Å². The van der Waals surface area contributed by atoms with Crippen LogP contribution in [-0.4, -0.2) is 14.8 Å². The number of carbonyl (C=O) groups excluding carboxylic acids is 1. The number of carbonyl (C=O) groups is 1. The zero-order valence-corrected chi connectivity index (χ0v) is 18.3. The molecule has 0 bridgehead atoms. The van der Waals surface area contributed by atoms with Crippen molar-refractivity contribution >= 4 is 34.6 Å². The fourth-order valence-electron chi connectivity index (χ4n) is 4.63. The van der Waals surface area contributed by atoms with Gasteiger partial charge >= 0.3 is 0 Å². The van der Waals surface area contributed by atoms with Gasteiger partial charge in [-0.3, -0.25) is 9.20 Å². The quantitative estimate of drug-likeness (QED) is 0.308. The molecule has 0 saturated carbocycles. The molecule has 5 rings (SSSR count). The Bertz CT molecular complexity index is 1270. The Morgan fingerprint density at radius 1 is 1.00 bits per heavy atom. The van der Waals surface area contributed by atoms with Crippen LogP contribution in [0.4, 0.5) is 0 Å².